The number of anilines is 1. The molecule has 2 aliphatic rings. The molecule has 23 heavy (non-hydrogen) atoms. The number of nitrogens with one attached hydrogen (secondary N) is 1. The monoisotopic (exact) mass is 316 g/mol. The molecule has 0 aliphatic carbocycles. The SMILES string of the molecule is CC(C)(C)OC(=O)N1CCc2cc(CC3CCCNC3)ccc21. The lowest BCUT2D eigenvalue weighted by Gasteiger charge is -2.25. The molecule has 2 heterocycles. The highest BCUT2D eigenvalue weighted by molar-refractivity contribution is 5.90. The number of benzene rings is 1. The molecule has 0 spiro atoms. The second kappa shape index (κ2) is 6.52. The largest absolute Gasteiger partial charge is 0.443 e. The molecule has 4 heteroatoms. The minimum Gasteiger partial charge on any atom is -0.443 e. The molecule has 1 fully saturated rings. The van der Waals surface area contributed by atoms with Crippen LogP contribution in [0.3, 0.4) is 0 Å². The van der Waals surface area contributed by atoms with E-state index in [0.717, 1.165) is 44.1 Å². The summed E-state index contributed by atoms with van der Waals surface area (Å²) in [5.41, 5.74) is 3.23. The Labute approximate surface area is 139 Å². The summed E-state index contributed by atoms with van der Waals surface area (Å²) in [6, 6.07) is 6.56. The molecule has 0 radical (unpaired) electrons. The number of nitrogens with zero attached hydrogens (tertiary/aromatic N) is 1. The number of rotatable bonds is 2. The number of hydrogen-bond donors (Lipinski definition) is 1. The van der Waals surface area contributed by atoms with E-state index >= 15 is 0 Å². The molecule has 1 aromatic carbocycles. The van der Waals surface area contributed by atoms with Gasteiger partial charge >= 0.3 is 6.09 Å². The molecule has 1 amide bonds. The topological polar surface area (TPSA) is 41.6 Å². The third-order valence-corrected chi connectivity index (χ3v) is 4.58. The molecule has 0 saturated carbocycles. The average Bonchev–Trinajstić information content (AvgIpc) is 2.90. The molecular formula is C19H28N2O2. The lowest BCUT2D eigenvalue weighted by molar-refractivity contribution is 0.0584. The Morgan fingerprint density at radius 2 is 2.22 bits per heavy atom. The molecule has 1 atom stereocenters. The normalized spacial score (nSPS) is 21.2. The first-order chi connectivity index (χ1) is 10.9. The van der Waals surface area contributed by atoms with Crippen LogP contribution in [-0.4, -0.2) is 31.3 Å². The fraction of sp³-hybridized carbons (Fsp3) is 0.632. The van der Waals surface area contributed by atoms with Gasteiger partial charge in [-0.25, -0.2) is 4.79 Å². The van der Waals surface area contributed by atoms with E-state index in [9.17, 15) is 4.79 Å². The molecular weight excluding hydrogens is 288 g/mol. The van der Waals surface area contributed by atoms with Crippen molar-refractivity contribution in [3.8, 4) is 0 Å². The first-order valence-electron chi connectivity index (χ1n) is 8.75. The van der Waals surface area contributed by atoms with Gasteiger partial charge in [-0.3, -0.25) is 4.90 Å². The quantitative estimate of drug-likeness (QED) is 0.907. The van der Waals surface area contributed by atoms with Crippen LogP contribution in [0.25, 0.3) is 0 Å². The van der Waals surface area contributed by atoms with Gasteiger partial charge in [-0.15, -0.1) is 0 Å². The number of fused-ring (bicyclic) bond motifs is 1. The van der Waals surface area contributed by atoms with E-state index in [4.69, 9.17) is 4.74 Å². The van der Waals surface area contributed by atoms with Crippen molar-refractivity contribution in [3.05, 3.63) is 29.3 Å². The van der Waals surface area contributed by atoms with Gasteiger partial charge in [0.05, 0.1) is 5.69 Å². The molecule has 1 N–H and O–H groups in total. The van der Waals surface area contributed by atoms with Crippen LogP contribution in [0.5, 0.6) is 0 Å². The van der Waals surface area contributed by atoms with E-state index in [1.54, 1.807) is 4.90 Å². The lowest BCUT2D eigenvalue weighted by Crippen LogP contribution is -2.35. The van der Waals surface area contributed by atoms with E-state index in [2.05, 4.69) is 23.5 Å². The van der Waals surface area contributed by atoms with Crippen LogP contribution in [-0.2, 0) is 17.6 Å². The van der Waals surface area contributed by atoms with E-state index in [1.165, 1.54) is 24.0 Å². The van der Waals surface area contributed by atoms with Crippen LogP contribution in [0, 0.1) is 5.92 Å². The Morgan fingerprint density at radius 1 is 1.39 bits per heavy atom. The van der Waals surface area contributed by atoms with Crippen molar-refractivity contribution in [2.75, 3.05) is 24.5 Å². The van der Waals surface area contributed by atoms with E-state index < -0.39 is 5.60 Å². The molecule has 1 saturated heterocycles. The molecule has 0 aromatic heterocycles. The summed E-state index contributed by atoms with van der Waals surface area (Å²) < 4.78 is 5.51. The Hall–Kier alpha value is -1.55. The standard InChI is InChI=1S/C19H28N2O2/c1-19(2,3)23-18(22)21-10-8-16-12-14(6-7-17(16)21)11-15-5-4-9-20-13-15/h6-7,12,15,20H,4-5,8-11,13H2,1-3H3. The minimum atomic E-state index is -0.451. The lowest BCUT2D eigenvalue weighted by atomic mass is 9.91. The minimum absolute atomic E-state index is 0.236. The van der Waals surface area contributed by atoms with Crippen LogP contribution in [0.15, 0.2) is 18.2 Å². The van der Waals surface area contributed by atoms with Crippen LogP contribution in [0.2, 0.25) is 0 Å². The van der Waals surface area contributed by atoms with E-state index in [0.29, 0.717) is 0 Å². The van der Waals surface area contributed by atoms with Crippen LogP contribution < -0.4 is 10.2 Å². The van der Waals surface area contributed by atoms with Gasteiger partial charge in [0.2, 0.25) is 0 Å². The smallest absolute Gasteiger partial charge is 0.414 e. The van der Waals surface area contributed by atoms with Crippen molar-refractivity contribution >= 4 is 11.8 Å². The van der Waals surface area contributed by atoms with E-state index in [1.807, 2.05) is 20.8 Å². The molecule has 0 bridgehead atoms. The number of hydrogen-bond acceptors (Lipinski definition) is 3. The molecule has 2 aliphatic heterocycles. The molecule has 126 valence electrons. The molecule has 4 nitrogen and oxygen atoms in total. The summed E-state index contributed by atoms with van der Waals surface area (Å²) in [6.07, 6.45) is 4.41. The summed E-state index contributed by atoms with van der Waals surface area (Å²) in [4.78, 5) is 14.1. The van der Waals surface area contributed by atoms with Crippen molar-refractivity contribution in [2.24, 2.45) is 5.92 Å². The molecule has 1 unspecified atom stereocenters. The molecule has 1 aromatic rings. The van der Waals surface area contributed by atoms with Crippen LogP contribution >= 0.6 is 0 Å². The Morgan fingerprint density at radius 3 is 2.91 bits per heavy atom. The molecule has 3 rings (SSSR count). The second-order valence-electron chi connectivity index (χ2n) is 7.76. The zero-order valence-electron chi connectivity index (χ0n) is 14.5. The Bertz CT molecular complexity index is 571. The number of carbonyl (C=O) groups is 1. The number of amides is 1. The number of piperidine rings is 1. The van der Waals surface area contributed by atoms with Crippen molar-refractivity contribution < 1.29 is 9.53 Å². The van der Waals surface area contributed by atoms with Gasteiger partial charge in [-0.05, 0) is 82.7 Å². The van der Waals surface area contributed by atoms with E-state index in [-0.39, 0.29) is 6.09 Å². The fourth-order valence-electron chi connectivity index (χ4n) is 3.52. The summed E-state index contributed by atoms with van der Waals surface area (Å²) in [5.74, 6) is 0.741. The maximum atomic E-state index is 12.3. The Balaban J connectivity index is 1.68. The van der Waals surface area contributed by atoms with Crippen molar-refractivity contribution in [1.29, 1.82) is 0 Å². The van der Waals surface area contributed by atoms with Gasteiger partial charge in [-0.1, -0.05) is 12.1 Å². The highest BCUT2D eigenvalue weighted by atomic mass is 16.6. The van der Waals surface area contributed by atoms with Crippen molar-refractivity contribution in [1.82, 2.24) is 5.32 Å². The fourth-order valence-corrected chi connectivity index (χ4v) is 3.52. The third-order valence-electron chi connectivity index (χ3n) is 4.58. The zero-order valence-corrected chi connectivity index (χ0v) is 14.5. The van der Waals surface area contributed by atoms with Crippen LogP contribution in [0.4, 0.5) is 10.5 Å². The van der Waals surface area contributed by atoms with Crippen LogP contribution in [0.1, 0.15) is 44.7 Å². The average molecular weight is 316 g/mol. The summed E-state index contributed by atoms with van der Waals surface area (Å²) in [6.45, 7) is 8.72. The number of ether oxygens (including phenoxy) is 1. The van der Waals surface area contributed by atoms with Gasteiger partial charge < -0.3 is 10.1 Å². The van der Waals surface area contributed by atoms with Gasteiger partial charge in [0.25, 0.3) is 0 Å². The first kappa shape index (κ1) is 16.3. The third kappa shape index (κ3) is 4.05. The zero-order chi connectivity index (χ0) is 16.4. The predicted molar refractivity (Wildman–Crippen MR) is 93.0 cm³/mol. The van der Waals surface area contributed by atoms with Gasteiger partial charge in [-0.2, -0.15) is 0 Å². The highest BCUT2D eigenvalue weighted by Crippen LogP contribution is 2.31. The van der Waals surface area contributed by atoms with Gasteiger partial charge in [0.15, 0.2) is 0 Å². The maximum Gasteiger partial charge on any atom is 0.414 e. The second-order valence-corrected chi connectivity index (χ2v) is 7.76. The first-order valence-corrected chi connectivity index (χ1v) is 8.75. The van der Waals surface area contributed by atoms with Gasteiger partial charge in [0, 0.05) is 6.54 Å². The van der Waals surface area contributed by atoms with Gasteiger partial charge in [0.1, 0.15) is 5.60 Å². The Kier molecular flexibility index (Phi) is 4.62. The predicted octanol–water partition coefficient (Wildman–Crippen LogP) is 3.53. The highest BCUT2D eigenvalue weighted by Gasteiger charge is 2.29. The number of carbonyl (C=O) groups excluding carboxylic acids is 1. The van der Waals surface area contributed by atoms with Crippen molar-refractivity contribution in [3.63, 3.8) is 0 Å². The van der Waals surface area contributed by atoms with Crippen molar-refractivity contribution in [2.45, 2.75) is 52.1 Å². The summed E-state index contributed by atoms with van der Waals surface area (Å²) in [5, 5.41) is 3.48. The maximum absolute atomic E-state index is 12.3. The summed E-state index contributed by atoms with van der Waals surface area (Å²) >= 11 is 0. The summed E-state index contributed by atoms with van der Waals surface area (Å²) in [7, 11) is 0.